The standard InChI is InChI=1S/C20H34N6S/c1-6-7-8-11-20(3,4)15-23-19(21-13-17-10-9-12-27-17)22-14-18-25-24-16(2)26(18)5/h9-10,12H,6-8,11,13-15H2,1-5H3,(H2,21,22,23). The zero-order valence-corrected chi connectivity index (χ0v) is 18.2. The van der Waals surface area contributed by atoms with Crippen LogP contribution in [-0.2, 0) is 20.1 Å². The first-order valence-electron chi connectivity index (χ1n) is 9.81. The number of aromatic nitrogens is 3. The van der Waals surface area contributed by atoms with Crippen LogP contribution in [0.4, 0.5) is 0 Å². The molecule has 2 aromatic rings. The molecule has 27 heavy (non-hydrogen) atoms. The smallest absolute Gasteiger partial charge is 0.192 e. The molecular formula is C20H34N6S. The van der Waals surface area contributed by atoms with Gasteiger partial charge in [-0.2, -0.15) is 0 Å². The highest BCUT2D eigenvalue weighted by Crippen LogP contribution is 2.22. The van der Waals surface area contributed by atoms with E-state index in [0.29, 0.717) is 6.54 Å². The van der Waals surface area contributed by atoms with Gasteiger partial charge >= 0.3 is 0 Å². The fourth-order valence-corrected chi connectivity index (χ4v) is 3.41. The van der Waals surface area contributed by atoms with Crippen molar-refractivity contribution in [3.8, 4) is 0 Å². The molecule has 0 amide bonds. The molecule has 0 bridgehead atoms. The van der Waals surface area contributed by atoms with Crippen LogP contribution in [0.2, 0.25) is 0 Å². The van der Waals surface area contributed by atoms with E-state index in [1.54, 1.807) is 11.3 Å². The van der Waals surface area contributed by atoms with E-state index in [1.807, 2.05) is 18.5 Å². The van der Waals surface area contributed by atoms with Crippen LogP contribution in [0.15, 0.2) is 22.5 Å². The molecule has 0 fully saturated rings. The molecule has 0 unspecified atom stereocenters. The lowest BCUT2D eigenvalue weighted by Crippen LogP contribution is -2.41. The van der Waals surface area contributed by atoms with Crippen molar-refractivity contribution < 1.29 is 0 Å². The number of aliphatic imine (C=N–C) groups is 1. The number of rotatable bonds is 10. The molecule has 7 heteroatoms. The number of aryl methyl sites for hydroxylation is 1. The molecule has 150 valence electrons. The second-order valence-electron chi connectivity index (χ2n) is 7.80. The molecule has 2 rings (SSSR count). The lowest BCUT2D eigenvalue weighted by atomic mass is 9.87. The Hall–Kier alpha value is -1.89. The van der Waals surface area contributed by atoms with E-state index in [9.17, 15) is 0 Å². The zero-order valence-electron chi connectivity index (χ0n) is 17.4. The summed E-state index contributed by atoms with van der Waals surface area (Å²) in [4.78, 5) is 6.04. The molecule has 2 N–H and O–H groups in total. The number of unbranched alkanes of at least 4 members (excludes halogenated alkanes) is 2. The van der Waals surface area contributed by atoms with Gasteiger partial charge in [-0.1, -0.05) is 46.1 Å². The molecular weight excluding hydrogens is 356 g/mol. The van der Waals surface area contributed by atoms with Crippen LogP contribution in [0.3, 0.4) is 0 Å². The van der Waals surface area contributed by atoms with E-state index in [0.717, 1.165) is 30.7 Å². The monoisotopic (exact) mass is 390 g/mol. The largest absolute Gasteiger partial charge is 0.356 e. The summed E-state index contributed by atoms with van der Waals surface area (Å²) < 4.78 is 1.98. The number of hydrogen-bond acceptors (Lipinski definition) is 4. The first-order valence-corrected chi connectivity index (χ1v) is 10.7. The average Bonchev–Trinajstić information content (AvgIpc) is 3.26. The quantitative estimate of drug-likeness (QED) is 0.365. The molecule has 0 saturated heterocycles. The van der Waals surface area contributed by atoms with Gasteiger partial charge in [0, 0.05) is 18.5 Å². The second-order valence-corrected chi connectivity index (χ2v) is 8.83. The van der Waals surface area contributed by atoms with Crippen LogP contribution >= 0.6 is 11.3 Å². The molecule has 0 atom stereocenters. The maximum atomic E-state index is 4.74. The molecule has 0 spiro atoms. The predicted molar refractivity (Wildman–Crippen MR) is 114 cm³/mol. The van der Waals surface area contributed by atoms with E-state index in [2.05, 4.69) is 59.1 Å². The highest BCUT2D eigenvalue weighted by molar-refractivity contribution is 7.09. The Morgan fingerprint density at radius 1 is 1.26 bits per heavy atom. The molecule has 0 aromatic carbocycles. The van der Waals surface area contributed by atoms with E-state index >= 15 is 0 Å². The lowest BCUT2D eigenvalue weighted by molar-refractivity contribution is 0.318. The first kappa shape index (κ1) is 21.4. The highest BCUT2D eigenvalue weighted by Gasteiger charge is 2.18. The summed E-state index contributed by atoms with van der Waals surface area (Å²) in [5.74, 6) is 2.60. The maximum Gasteiger partial charge on any atom is 0.192 e. The number of thiophene rings is 1. The number of hydrogen-bond donors (Lipinski definition) is 2. The Bertz CT molecular complexity index is 702. The van der Waals surface area contributed by atoms with E-state index in [4.69, 9.17) is 4.99 Å². The van der Waals surface area contributed by atoms with Crippen molar-refractivity contribution in [3.63, 3.8) is 0 Å². The average molecular weight is 391 g/mol. The van der Waals surface area contributed by atoms with Gasteiger partial charge in [0.25, 0.3) is 0 Å². The third-order valence-corrected chi connectivity index (χ3v) is 5.64. The topological polar surface area (TPSA) is 67.1 Å². The Balaban J connectivity index is 1.97. The van der Waals surface area contributed by atoms with Crippen LogP contribution in [-0.4, -0.2) is 27.3 Å². The fraction of sp³-hybridized carbons (Fsp3) is 0.650. The van der Waals surface area contributed by atoms with Crippen LogP contribution in [0.1, 0.15) is 63.0 Å². The summed E-state index contributed by atoms with van der Waals surface area (Å²) in [6, 6.07) is 4.21. The zero-order chi connectivity index (χ0) is 19.7. The Kier molecular flexibility index (Phi) is 8.28. The van der Waals surface area contributed by atoms with Crippen molar-refractivity contribution in [1.29, 1.82) is 0 Å². The van der Waals surface area contributed by atoms with Crippen molar-refractivity contribution in [3.05, 3.63) is 34.0 Å². The summed E-state index contributed by atoms with van der Waals surface area (Å²) >= 11 is 1.75. The Morgan fingerprint density at radius 2 is 2.07 bits per heavy atom. The minimum atomic E-state index is 0.238. The molecule has 2 aromatic heterocycles. The summed E-state index contributed by atoms with van der Waals surface area (Å²) in [7, 11) is 1.98. The van der Waals surface area contributed by atoms with Crippen LogP contribution in [0, 0.1) is 12.3 Å². The predicted octanol–water partition coefficient (Wildman–Crippen LogP) is 4.03. The van der Waals surface area contributed by atoms with Gasteiger partial charge < -0.3 is 15.2 Å². The number of nitrogens with one attached hydrogen (secondary N) is 2. The van der Waals surface area contributed by atoms with Gasteiger partial charge in [-0.05, 0) is 30.2 Å². The minimum Gasteiger partial charge on any atom is -0.356 e. The lowest BCUT2D eigenvalue weighted by Gasteiger charge is -2.26. The van der Waals surface area contributed by atoms with Gasteiger partial charge in [-0.25, -0.2) is 4.99 Å². The molecule has 0 radical (unpaired) electrons. The normalized spacial score (nSPS) is 12.4. The third kappa shape index (κ3) is 7.33. The van der Waals surface area contributed by atoms with Crippen LogP contribution < -0.4 is 10.6 Å². The van der Waals surface area contributed by atoms with E-state index in [-0.39, 0.29) is 5.41 Å². The van der Waals surface area contributed by atoms with Crippen molar-refractivity contribution in [2.75, 3.05) is 6.54 Å². The van der Waals surface area contributed by atoms with Crippen molar-refractivity contribution in [2.45, 2.75) is 66.5 Å². The van der Waals surface area contributed by atoms with Crippen molar-refractivity contribution >= 4 is 17.3 Å². The fourth-order valence-electron chi connectivity index (χ4n) is 2.76. The highest BCUT2D eigenvalue weighted by atomic mass is 32.1. The summed E-state index contributed by atoms with van der Waals surface area (Å²) in [6.07, 6.45) is 5.05. The summed E-state index contributed by atoms with van der Waals surface area (Å²) in [6.45, 7) is 11.0. The van der Waals surface area contributed by atoms with Crippen molar-refractivity contribution in [1.82, 2.24) is 25.4 Å². The third-order valence-electron chi connectivity index (χ3n) is 4.76. The van der Waals surface area contributed by atoms with Gasteiger partial charge in [-0.15, -0.1) is 21.5 Å². The van der Waals surface area contributed by atoms with Crippen molar-refractivity contribution in [2.24, 2.45) is 17.5 Å². The van der Waals surface area contributed by atoms with E-state index in [1.165, 1.54) is 30.6 Å². The molecule has 0 aliphatic rings. The Labute approximate surface area is 167 Å². The van der Waals surface area contributed by atoms with Gasteiger partial charge in [-0.3, -0.25) is 0 Å². The first-order chi connectivity index (χ1) is 12.9. The van der Waals surface area contributed by atoms with Gasteiger partial charge in [0.1, 0.15) is 12.4 Å². The Morgan fingerprint density at radius 3 is 2.70 bits per heavy atom. The second kappa shape index (κ2) is 10.4. The number of nitrogens with zero attached hydrogens (tertiary/aromatic N) is 4. The maximum absolute atomic E-state index is 4.74. The molecule has 6 nitrogen and oxygen atoms in total. The molecule has 0 aliphatic carbocycles. The molecule has 0 aliphatic heterocycles. The van der Waals surface area contributed by atoms with Gasteiger partial charge in [0.05, 0.1) is 6.54 Å². The SMILES string of the molecule is CCCCCC(C)(C)CNC(=NCc1nnc(C)n1C)NCc1cccs1. The van der Waals surface area contributed by atoms with Crippen LogP contribution in [0.5, 0.6) is 0 Å². The van der Waals surface area contributed by atoms with Gasteiger partial charge in [0.15, 0.2) is 11.8 Å². The van der Waals surface area contributed by atoms with E-state index < -0.39 is 0 Å². The molecule has 0 saturated carbocycles. The van der Waals surface area contributed by atoms with Gasteiger partial charge in [0.2, 0.25) is 0 Å². The minimum absolute atomic E-state index is 0.238. The summed E-state index contributed by atoms with van der Waals surface area (Å²) in [5, 5.41) is 17.4. The summed E-state index contributed by atoms with van der Waals surface area (Å²) in [5.41, 5.74) is 0.238. The molecule has 2 heterocycles. The van der Waals surface area contributed by atoms with Crippen LogP contribution in [0.25, 0.3) is 0 Å². The number of guanidine groups is 1.